The molecular weight excluding hydrogens is 280 g/mol. The molecule has 0 saturated heterocycles. The second kappa shape index (κ2) is 5.63. The lowest BCUT2D eigenvalue weighted by Crippen LogP contribution is -2.29. The van der Waals surface area contributed by atoms with Crippen molar-refractivity contribution in [2.45, 2.75) is 26.9 Å². The third-order valence-electron chi connectivity index (χ3n) is 3.48. The molecule has 8 heteroatoms. The van der Waals surface area contributed by atoms with E-state index in [1.54, 1.807) is 11.7 Å². The summed E-state index contributed by atoms with van der Waals surface area (Å²) in [5.74, 6) is -0.504. The second-order valence-corrected chi connectivity index (χ2v) is 4.87. The van der Waals surface area contributed by atoms with E-state index in [0.29, 0.717) is 11.2 Å². The first-order valence-corrected chi connectivity index (χ1v) is 6.39. The van der Waals surface area contributed by atoms with Crippen molar-refractivity contribution < 1.29 is 13.6 Å². The van der Waals surface area contributed by atoms with Gasteiger partial charge in [-0.1, -0.05) is 0 Å². The van der Waals surface area contributed by atoms with Crippen molar-refractivity contribution in [1.29, 1.82) is 0 Å². The SMILES string of the molecule is Cc1nn(C)c(C)c1CN(C)C(=O)c1ccnn1C(F)F. The maximum absolute atomic E-state index is 12.8. The fourth-order valence-electron chi connectivity index (χ4n) is 2.19. The number of carbonyl (C=O) groups is 1. The molecule has 0 aliphatic carbocycles. The smallest absolute Gasteiger partial charge is 0.333 e. The first-order valence-electron chi connectivity index (χ1n) is 6.39. The third kappa shape index (κ3) is 2.79. The summed E-state index contributed by atoms with van der Waals surface area (Å²) in [5, 5.41) is 7.74. The summed E-state index contributed by atoms with van der Waals surface area (Å²) in [6, 6.07) is 1.29. The number of aryl methyl sites for hydroxylation is 2. The van der Waals surface area contributed by atoms with Gasteiger partial charge in [0.2, 0.25) is 0 Å². The lowest BCUT2D eigenvalue weighted by Gasteiger charge is -2.18. The average Bonchev–Trinajstić information content (AvgIpc) is 2.99. The molecule has 0 aliphatic heterocycles. The van der Waals surface area contributed by atoms with Crippen LogP contribution in [0.1, 0.15) is 34.0 Å². The largest absolute Gasteiger partial charge is 0.336 e. The highest BCUT2D eigenvalue weighted by Crippen LogP contribution is 2.17. The van der Waals surface area contributed by atoms with Gasteiger partial charge in [0.05, 0.1) is 5.69 Å². The van der Waals surface area contributed by atoms with E-state index in [1.165, 1.54) is 17.2 Å². The van der Waals surface area contributed by atoms with Crippen LogP contribution in [-0.2, 0) is 13.6 Å². The van der Waals surface area contributed by atoms with E-state index in [4.69, 9.17) is 0 Å². The minimum atomic E-state index is -2.84. The molecule has 2 rings (SSSR count). The van der Waals surface area contributed by atoms with E-state index in [0.717, 1.165) is 17.0 Å². The van der Waals surface area contributed by atoms with Crippen LogP contribution in [0.4, 0.5) is 8.78 Å². The molecule has 0 radical (unpaired) electrons. The Kier molecular flexibility index (Phi) is 4.06. The minimum Gasteiger partial charge on any atom is -0.336 e. The number of hydrogen-bond acceptors (Lipinski definition) is 3. The van der Waals surface area contributed by atoms with E-state index < -0.39 is 12.5 Å². The number of amides is 1. The fraction of sp³-hybridized carbons (Fsp3) is 0.462. The Morgan fingerprint density at radius 2 is 2.10 bits per heavy atom. The number of hydrogen-bond donors (Lipinski definition) is 0. The van der Waals surface area contributed by atoms with Crippen LogP contribution < -0.4 is 0 Å². The molecule has 0 atom stereocenters. The van der Waals surface area contributed by atoms with Gasteiger partial charge in [-0.05, 0) is 19.9 Å². The van der Waals surface area contributed by atoms with E-state index in [9.17, 15) is 13.6 Å². The zero-order valence-electron chi connectivity index (χ0n) is 12.3. The van der Waals surface area contributed by atoms with Crippen molar-refractivity contribution in [2.24, 2.45) is 7.05 Å². The number of alkyl halides is 2. The van der Waals surface area contributed by atoms with E-state index in [1.807, 2.05) is 20.9 Å². The summed E-state index contributed by atoms with van der Waals surface area (Å²) < 4.78 is 27.7. The summed E-state index contributed by atoms with van der Waals surface area (Å²) in [6.07, 6.45) is 1.19. The lowest BCUT2D eigenvalue weighted by atomic mass is 10.2. The van der Waals surface area contributed by atoms with Gasteiger partial charge < -0.3 is 4.90 Å². The van der Waals surface area contributed by atoms with Gasteiger partial charge in [-0.25, -0.2) is 0 Å². The Labute approximate surface area is 121 Å². The minimum absolute atomic E-state index is 0.133. The van der Waals surface area contributed by atoms with Crippen LogP contribution in [0.15, 0.2) is 12.3 Å². The first kappa shape index (κ1) is 15.1. The van der Waals surface area contributed by atoms with Crippen molar-refractivity contribution in [2.75, 3.05) is 7.05 Å². The molecule has 0 aliphatic rings. The summed E-state index contributed by atoms with van der Waals surface area (Å²) in [4.78, 5) is 13.7. The number of rotatable bonds is 4. The monoisotopic (exact) mass is 297 g/mol. The summed E-state index contributed by atoms with van der Waals surface area (Å²) >= 11 is 0. The van der Waals surface area contributed by atoms with Gasteiger partial charge in [0.1, 0.15) is 5.69 Å². The Bertz CT molecular complexity index is 662. The number of carbonyl (C=O) groups excluding carboxylic acids is 1. The zero-order chi connectivity index (χ0) is 15.7. The predicted molar refractivity (Wildman–Crippen MR) is 72.0 cm³/mol. The lowest BCUT2D eigenvalue weighted by molar-refractivity contribution is 0.0472. The highest BCUT2D eigenvalue weighted by molar-refractivity contribution is 5.92. The Hall–Kier alpha value is -2.25. The highest BCUT2D eigenvalue weighted by Gasteiger charge is 2.22. The van der Waals surface area contributed by atoms with E-state index in [-0.39, 0.29) is 5.69 Å². The molecule has 2 heterocycles. The number of halogens is 2. The molecule has 1 amide bonds. The van der Waals surface area contributed by atoms with Crippen LogP contribution in [0.2, 0.25) is 0 Å². The molecule has 0 aromatic carbocycles. The molecule has 6 nitrogen and oxygen atoms in total. The van der Waals surface area contributed by atoms with Crippen molar-refractivity contribution >= 4 is 5.91 Å². The van der Waals surface area contributed by atoms with Gasteiger partial charge in [-0.3, -0.25) is 9.48 Å². The number of aromatic nitrogens is 4. The number of nitrogens with zero attached hydrogens (tertiary/aromatic N) is 5. The second-order valence-electron chi connectivity index (χ2n) is 4.87. The maximum Gasteiger partial charge on any atom is 0.333 e. The van der Waals surface area contributed by atoms with Crippen LogP contribution in [0.25, 0.3) is 0 Å². The molecule has 114 valence electrons. The summed E-state index contributed by atoms with van der Waals surface area (Å²) in [7, 11) is 3.39. The Morgan fingerprint density at radius 3 is 2.62 bits per heavy atom. The molecule has 2 aromatic rings. The maximum atomic E-state index is 12.8. The Balaban J connectivity index is 2.22. The van der Waals surface area contributed by atoms with Crippen molar-refractivity contribution in [3.63, 3.8) is 0 Å². The molecule has 0 N–H and O–H groups in total. The van der Waals surface area contributed by atoms with Crippen molar-refractivity contribution in [3.05, 3.63) is 34.9 Å². The van der Waals surface area contributed by atoms with E-state index >= 15 is 0 Å². The average molecular weight is 297 g/mol. The van der Waals surface area contributed by atoms with Crippen LogP contribution in [-0.4, -0.2) is 37.4 Å². The van der Waals surface area contributed by atoms with Gasteiger partial charge in [0.25, 0.3) is 5.91 Å². The molecule has 21 heavy (non-hydrogen) atoms. The van der Waals surface area contributed by atoms with Gasteiger partial charge in [-0.15, -0.1) is 0 Å². The summed E-state index contributed by atoms with van der Waals surface area (Å²) in [6.45, 7) is 1.22. The molecule has 0 unspecified atom stereocenters. The quantitative estimate of drug-likeness (QED) is 0.866. The Morgan fingerprint density at radius 1 is 1.43 bits per heavy atom. The van der Waals surface area contributed by atoms with Crippen molar-refractivity contribution in [1.82, 2.24) is 24.5 Å². The molecule has 2 aromatic heterocycles. The van der Waals surface area contributed by atoms with Crippen LogP contribution in [0, 0.1) is 13.8 Å². The fourth-order valence-corrected chi connectivity index (χ4v) is 2.19. The molecular formula is C13H17F2N5O. The van der Waals surface area contributed by atoms with Crippen molar-refractivity contribution in [3.8, 4) is 0 Å². The first-order chi connectivity index (χ1) is 9.82. The standard InChI is InChI=1S/C13H17F2N5O/c1-8-10(9(2)19(4)17-8)7-18(3)12(21)11-5-6-16-20(11)13(14)15/h5-6,13H,7H2,1-4H3. The van der Waals surface area contributed by atoms with Crippen LogP contribution in [0.5, 0.6) is 0 Å². The molecule has 0 saturated carbocycles. The zero-order valence-corrected chi connectivity index (χ0v) is 12.3. The van der Waals surface area contributed by atoms with Gasteiger partial charge in [0, 0.05) is 38.1 Å². The molecule has 0 spiro atoms. The predicted octanol–water partition coefficient (Wildman–Crippen LogP) is 1.90. The topological polar surface area (TPSA) is 56.0 Å². The van der Waals surface area contributed by atoms with Crippen LogP contribution in [0.3, 0.4) is 0 Å². The van der Waals surface area contributed by atoms with Gasteiger partial charge in [0.15, 0.2) is 0 Å². The molecule has 0 fully saturated rings. The summed E-state index contributed by atoms with van der Waals surface area (Å²) in [5.41, 5.74) is 2.54. The van der Waals surface area contributed by atoms with Crippen LogP contribution >= 0.6 is 0 Å². The van der Waals surface area contributed by atoms with Gasteiger partial charge in [-0.2, -0.15) is 23.7 Å². The van der Waals surface area contributed by atoms with Gasteiger partial charge >= 0.3 is 6.55 Å². The highest BCUT2D eigenvalue weighted by atomic mass is 19.3. The van der Waals surface area contributed by atoms with E-state index in [2.05, 4.69) is 10.2 Å². The third-order valence-corrected chi connectivity index (χ3v) is 3.48. The molecule has 0 bridgehead atoms. The normalized spacial score (nSPS) is 11.2.